The molecule has 1 unspecified atom stereocenters. The molecule has 1 fully saturated rings. The number of carbonyl (C=O) groups is 2. The number of halogens is 2. The first-order chi connectivity index (χ1) is 15.3. The first-order valence-electron chi connectivity index (χ1n) is 10.7. The SMILES string of the molecule is COc1ccc(NC(C)=O)cc1NC(=O)C(C)NCC1(c2c(F)cccc2F)CCCC1. The van der Waals surface area contributed by atoms with Gasteiger partial charge in [-0.3, -0.25) is 9.59 Å². The summed E-state index contributed by atoms with van der Waals surface area (Å²) < 4.78 is 34.4. The fourth-order valence-corrected chi connectivity index (χ4v) is 4.34. The molecule has 2 aromatic carbocycles. The summed E-state index contributed by atoms with van der Waals surface area (Å²) >= 11 is 0. The molecule has 0 aliphatic heterocycles. The Bertz CT molecular complexity index is 970. The number of rotatable bonds is 8. The number of anilines is 2. The lowest BCUT2D eigenvalue weighted by molar-refractivity contribution is -0.118. The van der Waals surface area contributed by atoms with Crippen molar-refractivity contribution >= 4 is 23.2 Å². The Balaban J connectivity index is 1.72. The van der Waals surface area contributed by atoms with Crippen LogP contribution in [0.4, 0.5) is 20.2 Å². The van der Waals surface area contributed by atoms with E-state index in [0.29, 0.717) is 30.0 Å². The minimum Gasteiger partial charge on any atom is -0.495 e. The summed E-state index contributed by atoms with van der Waals surface area (Å²) in [4.78, 5) is 24.2. The highest BCUT2D eigenvalue weighted by atomic mass is 19.1. The Hall–Kier alpha value is -3.00. The normalized spacial score (nSPS) is 15.8. The van der Waals surface area contributed by atoms with E-state index in [-0.39, 0.29) is 23.9 Å². The molecule has 1 aliphatic rings. The first-order valence-corrected chi connectivity index (χ1v) is 10.7. The van der Waals surface area contributed by atoms with Crippen LogP contribution >= 0.6 is 0 Å². The van der Waals surface area contributed by atoms with Gasteiger partial charge in [0, 0.05) is 30.1 Å². The second-order valence-corrected chi connectivity index (χ2v) is 8.27. The number of methoxy groups -OCH3 is 1. The first kappa shape index (κ1) is 23.7. The molecule has 32 heavy (non-hydrogen) atoms. The molecular formula is C24H29F2N3O3. The van der Waals surface area contributed by atoms with E-state index in [4.69, 9.17) is 4.74 Å². The van der Waals surface area contributed by atoms with Crippen molar-refractivity contribution in [2.75, 3.05) is 24.3 Å². The third kappa shape index (κ3) is 5.24. The van der Waals surface area contributed by atoms with Gasteiger partial charge in [-0.05, 0) is 50.1 Å². The van der Waals surface area contributed by atoms with Gasteiger partial charge >= 0.3 is 0 Å². The minimum atomic E-state index is -0.688. The van der Waals surface area contributed by atoms with Crippen molar-refractivity contribution < 1.29 is 23.1 Å². The van der Waals surface area contributed by atoms with Crippen LogP contribution in [0.3, 0.4) is 0 Å². The van der Waals surface area contributed by atoms with Crippen molar-refractivity contribution in [2.45, 2.75) is 51.0 Å². The number of hydrogen-bond donors (Lipinski definition) is 3. The largest absolute Gasteiger partial charge is 0.495 e. The highest BCUT2D eigenvalue weighted by Gasteiger charge is 2.40. The van der Waals surface area contributed by atoms with Crippen LogP contribution in [0.25, 0.3) is 0 Å². The molecule has 0 aromatic heterocycles. The number of ether oxygens (including phenoxy) is 1. The van der Waals surface area contributed by atoms with Crippen LogP contribution in [-0.4, -0.2) is 31.5 Å². The number of amides is 2. The molecule has 172 valence electrons. The van der Waals surface area contributed by atoms with Gasteiger partial charge in [0.25, 0.3) is 0 Å². The molecule has 0 radical (unpaired) electrons. The van der Waals surface area contributed by atoms with E-state index < -0.39 is 23.1 Å². The van der Waals surface area contributed by atoms with Crippen molar-refractivity contribution in [3.63, 3.8) is 0 Å². The molecule has 0 heterocycles. The number of carbonyl (C=O) groups excluding carboxylic acids is 2. The van der Waals surface area contributed by atoms with Gasteiger partial charge < -0.3 is 20.7 Å². The summed E-state index contributed by atoms with van der Waals surface area (Å²) in [5.74, 6) is -1.22. The Labute approximate surface area is 186 Å². The standard InChI is InChI=1S/C24H29F2N3O3/c1-15(23(31)29-20-13-17(28-16(2)30)9-10-21(20)32-3)27-14-24(11-4-5-12-24)22-18(25)7-6-8-19(22)26/h6-10,13,15,27H,4-5,11-12,14H2,1-3H3,(H,28,30)(H,29,31). The van der Waals surface area contributed by atoms with E-state index in [1.807, 2.05) is 0 Å². The number of benzene rings is 2. The monoisotopic (exact) mass is 445 g/mol. The van der Waals surface area contributed by atoms with Crippen molar-refractivity contribution in [2.24, 2.45) is 0 Å². The maximum Gasteiger partial charge on any atom is 0.241 e. The number of hydrogen-bond acceptors (Lipinski definition) is 4. The molecule has 0 bridgehead atoms. The van der Waals surface area contributed by atoms with Gasteiger partial charge in [0.05, 0.1) is 18.8 Å². The molecule has 0 spiro atoms. The zero-order chi connectivity index (χ0) is 23.3. The third-order valence-electron chi connectivity index (χ3n) is 5.97. The molecule has 2 amide bonds. The zero-order valence-electron chi connectivity index (χ0n) is 18.6. The second-order valence-electron chi connectivity index (χ2n) is 8.27. The van der Waals surface area contributed by atoms with E-state index in [0.717, 1.165) is 12.8 Å². The maximum absolute atomic E-state index is 14.5. The summed E-state index contributed by atoms with van der Waals surface area (Å²) in [5, 5.41) is 8.63. The van der Waals surface area contributed by atoms with E-state index in [1.54, 1.807) is 25.1 Å². The van der Waals surface area contributed by atoms with Crippen LogP contribution in [0.15, 0.2) is 36.4 Å². The fraction of sp³-hybridized carbons (Fsp3) is 0.417. The summed E-state index contributed by atoms with van der Waals surface area (Å²) in [6.45, 7) is 3.37. The Morgan fingerprint density at radius 2 is 1.75 bits per heavy atom. The van der Waals surface area contributed by atoms with Crippen LogP contribution in [0, 0.1) is 11.6 Å². The van der Waals surface area contributed by atoms with Crippen molar-refractivity contribution in [3.05, 3.63) is 53.6 Å². The molecule has 6 nitrogen and oxygen atoms in total. The molecule has 3 rings (SSSR count). The van der Waals surface area contributed by atoms with Gasteiger partial charge in [-0.15, -0.1) is 0 Å². The molecule has 1 aliphatic carbocycles. The van der Waals surface area contributed by atoms with Gasteiger partial charge in [-0.2, -0.15) is 0 Å². The van der Waals surface area contributed by atoms with Gasteiger partial charge in [-0.1, -0.05) is 18.9 Å². The van der Waals surface area contributed by atoms with Crippen molar-refractivity contribution in [3.8, 4) is 5.75 Å². The fourth-order valence-electron chi connectivity index (χ4n) is 4.34. The average Bonchev–Trinajstić information content (AvgIpc) is 3.21. The van der Waals surface area contributed by atoms with E-state index >= 15 is 0 Å². The van der Waals surface area contributed by atoms with E-state index in [2.05, 4.69) is 16.0 Å². The molecule has 0 saturated heterocycles. The molecule has 1 atom stereocenters. The topological polar surface area (TPSA) is 79.5 Å². The van der Waals surface area contributed by atoms with Crippen LogP contribution in [0.5, 0.6) is 5.75 Å². The second kappa shape index (κ2) is 10.1. The Kier molecular flexibility index (Phi) is 7.45. The third-order valence-corrected chi connectivity index (χ3v) is 5.97. The molecular weight excluding hydrogens is 416 g/mol. The van der Waals surface area contributed by atoms with Gasteiger partial charge in [0.1, 0.15) is 17.4 Å². The highest BCUT2D eigenvalue weighted by molar-refractivity contribution is 5.97. The van der Waals surface area contributed by atoms with Crippen molar-refractivity contribution in [1.82, 2.24) is 5.32 Å². The zero-order valence-corrected chi connectivity index (χ0v) is 18.6. The number of nitrogens with one attached hydrogen (secondary N) is 3. The van der Waals surface area contributed by atoms with Crippen LogP contribution < -0.4 is 20.7 Å². The Morgan fingerprint density at radius 1 is 1.09 bits per heavy atom. The minimum absolute atomic E-state index is 0.0993. The lowest BCUT2D eigenvalue weighted by atomic mass is 9.78. The lowest BCUT2D eigenvalue weighted by Gasteiger charge is -2.32. The van der Waals surface area contributed by atoms with E-state index in [1.165, 1.54) is 32.2 Å². The quantitative estimate of drug-likeness (QED) is 0.564. The van der Waals surface area contributed by atoms with Crippen molar-refractivity contribution in [1.29, 1.82) is 0 Å². The summed E-state index contributed by atoms with van der Waals surface area (Å²) in [6, 6.07) is 8.22. The lowest BCUT2D eigenvalue weighted by Crippen LogP contribution is -2.45. The Morgan fingerprint density at radius 3 is 2.34 bits per heavy atom. The molecule has 3 N–H and O–H groups in total. The summed E-state index contributed by atoms with van der Waals surface area (Å²) in [6.07, 6.45) is 3.06. The van der Waals surface area contributed by atoms with Crippen LogP contribution in [0.1, 0.15) is 45.1 Å². The molecule has 8 heteroatoms. The summed E-state index contributed by atoms with van der Waals surface area (Å²) in [7, 11) is 1.48. The predicted molar refractivity (Wildman–Crippen MR) is 120 cm³/mol. The van der Waals surface area contributed by atoms with Gasteiger partial charge in [-0.25, -0.2) is 8.78 Å². The van der Waals surface area contributed by atoms with Gasteiger partial charge in [0.2, 0.25) is 11.8 Å². The average molecular weight is 446 g/mol. The predicted octanol–water partition coefficient (Wildman–Crippen LogP) is 4.36. The smallest absolute Gasteiger partial charge is 0.241 e. The van der Waals surface area contributed by atoms with Crippen LogP contribution in [-0.2, 0) is 15.0 Å². The van der Waals surface area contributed by atoms with E-state index in [9.17, 15) is 18.4 Å². The highest BCUT2D eigenvalue weighted by Crippen LogP contribution is 2.43. The van der Waals surface area contributed by atoms with Crippen LogP contribution in [0.2, 0.25) is 0 Å². The molecule has 2 aromatic rings. The van der Waals surface area contributed by atoms with Gasteiger partial charge in [0.15, 0.2) is 0 Å². The maximum atomic E-state index is 14.5. The molecule has 1 saturated carbocycles. The summed E-state index contributed by atoms with van der Waals surface area (Å²) in [5.41, 5.74) is 0.344.